The second-order valence-corrected chi connectivity index (χ2v) is 14.1. The average molecular weight is 652 g/mol. The van der Waals surface area contributed by atoms with E-state index in [1.807, 2.05) is 18.2 Å². The van der Waals surface area contributed by atoms with Crippen LogP contribution in [0.2, 0.25) is 0 Å². The molecule has 1 aromatic heterocycles. The molecule has 2 aromatic carbocycles. The minimum absolute atomic E-state index is 0.0141. The largest absolute Gasteiger partial charge is 0.479 e. The van der Waals surface area contributed by atoms with E-state index in [1.165, 1.54) is 39.9 Å². The van der Waals surface area contributed by atoms with Gasteiger partial charge < -0.3 is 28.1 Å². The molecule has 2 aliphatic heterocycles. The maximum atomic E-state index is 14.3. The molecule has 1 amide bonds. The maximum absolute atomic E-state index is 14.3. The van der Waals surface area contributed by atoms with Crippen molar-refractivity contribution >= 4 is 16.1 Å². The molecule has 2 fully saturated rings. The van der Waals surface area contributed by atoms with Gasteiger partial charge >= 0.3 is 6.09 Å². The van der Waals surface area contributed by atoms with Gasteiger partial charge in [0, 0.05) is 25.2 Å². The first-order valence-electron chi connectivity index (χ1n) is 15.3. The molecule has 3 heterocycles. The van der Waals surface area contributed by atoms with Crippen LogP contribution in [0.15, 0.2) is 70.4 Å². The van der Waals surface area contributed by atoms with Crippen molar-refractivity contribution in [1.82, 2.24) is 9.21 Å². The van der Waals surface area contributed by atoms with Crippen molar-refractivity contribution in [3.8, 4) is 29.1 Å². The summed E-state index contributed by atoms with van der Waals surface area (Å²) >= 11 is 0. The lowest BCUT2D eigenvalue weighted by atomic mass is 9.99. The highest BCUT2D eigenvalue weighted by molar-refractivity contribution is 7.89. The van der Waals surface area contributed by atoms with Crippen molar-refractivity contribution in [3.63, 3.8) is 0 Å². The fraction of sp³-hybridized carbons (Fsp3) is 0.455. The van der Waals surface area contributed by atoms with Gasteiger partial charge in [-0.15, -0.1) is 0 Å². The molecule has 0 radical (unpaired) electrons. The standard InChI is InChI=1S/C33H37N3O9S/c1-33(2)36(32(37)44-26-13-15-40-21-26)28(17-23-7-9-25(10-8-23)41-16-14-34)31(45-33)20-35(19-24-5-3-4-6-24)46(38,39)27-11-12-29-30(18-27)43-22-42-29/h7-13,15,18,21,24,28,31H,3-6,16-17,19-20,22H2,1-2H3/t28-,31+/m0/s1. The number of rotatable bonds is 11. The molecule has 1 saturated heterocycles. The summed E-state index contributed by atoms with van der Waals surface area (Å²) in [6.07, 6.45) is 5.73. The minimum Gasteiger partial charge on any atom is -0.479 e. The summed E-state index contributed by atoms with van der Waals surface area (Å²) in [6.45, 7) is 3.84. The SMILES string of the molecule is CC1(C)O[C@H](CN(CC2CCCC2)S(=O)(=O)c2ccc3c(c2)OCO3)[C@H](Cc2ccc(OCC#N)cc2)N1C(=O)Oc1ccoc1. The lowest BCUT2D eigenvalue weighted by Gasteiger charge is -2.33. The van der Waals surface area contributed by atoms with Gasteiger partial charge in [0.2, 0.25) is 16.8 Å². The Hall–Kier alpha value is -4.25. The molecule has 13 heteroatoms. The Bertz CT molecular complexity index is 1660. The number of hydrogen-bond acceptors (Lipinski definition) is 10. The van der Waals surface area contributed by atoms with Crippen LogP contribution in [-0.4, -0.2) is 68.1 Å². The summed E-state index contributed by atoms with van der Waals surface area (Å²) in [6, 6.07) is 14.8. The molecular weight excluding hydrogens is 614 g/mol. The van der Waals surface area contributed by atoms with Crippen LogP contribution in [0.4, 0.5) is 4.79 Å². The summed E-state index contributed by atoms with van der Waals surface area (Å²) in [5.74, 6) is 1.88. The zero-order valence-corrected chi connectivity index (χ0v) is 26.6. The monoisotopic (exact) mass is 651 g/mol. The predicted molar refractivity (Wildman–Crippen MR) is 164 cm³/mol. The van der Waals surface area contributed by atoms with Gasteiger partial charge in [0.15, 0.2) is 23.9 Å². The number of carbonyl (C=O) groups excluding carboxylic acids is 1. The van der Waals surface area contributed by atoms with Gasteiger partial charge in [0.25, 0.3) is 0 Å². The van der Waals surface area contributed by atoms with Crippen LogP contribution in [0.5, 0.6) is 23.0 Å². The number of nitriles is 1. The van der Waals surface area contributed by atoms with E-state index in [9.17, 15) is 13.2 Å². The molecule has 3 aliphatic rings. The fourth-order valence-electron chi connectivity index (χ4n) is 6.49. The van der Waals surface area contributed by atoms with E-state index in [2.05, 4.69) is 0 Å². The van der Waals surface area contributed by atoms with E-state index in [0.29, 0.717) is 30.2 Å². The second kappa shape index (κ2) is 13.2. The van der Waals surface area contributed by atoms with E-state index >= 15 is 0 Å². The first-order valence-corrected chi connectivity index (χ1v) is 16.8. The number of furan rings is 1. The van der Waals surface area contributed by atoms with E-state index in [-0.39, 0.29) is 36.5 Å². The molecular formula is C33H37N3O9S. The van der Waals surface area contributed by atoms with Crippen LogP contribution in [0.1, 0.15) is 45.1 Å². The summed E-state index contributed by atoms with van der Waals surface area (Å²) < 4.78 is 63.7. The predicted octanol–water partition coefficient (Wildman–Crippen LogP) is 5.34. The lowest BCUT2D eigenvalue weighted by molar-refractivity contribution is -0.0682. The zero-order valence-electron chi connectivity index (χ0n) is 25.8. The number of benzene rings is 2. The highest BCUT2D eigenvalue weighted by atomic mass is 32.2. The van der Waals surface area contributed by atoms with E-state index < -0.39 is 34.0 Å². The van der Waals surface area contributed by atoms with E-state index in [1.54, 1.807) is 32.0 Å². The Morgan fingerprint density at radius 1 is 1.04 bits per heavy atom. The van der Waals surface area contributed by atoms with Crippen molar-refractivity contribution in [2.75, 3.05) is 26.5 Å². The first kappa shape index (κ1) is 31.7. The van der Waals surface area contributed by atoms with E-state index in [4.69, 9.17) is 33.4 Å². The Kier molecular flexibility index (Phi) is 9.13. The summed E-state index contributed by atoms with van der Waals surface area (Å²) in [5, 5.41) is 8.85. The third kappa shape index (κ3) is 6.79. The van der Waals surface area contributed by atoms with Crippen LogP contribution in [0.25, 0.3) is 0 Å². The average Bonchev–Trinajstić information content (AvgIpc) is 3.85. The van der Waals surface area contributed by atoms with Crippen molar-refractivity contribution < 1.29 is 41.3 Å². The van der Waals surface area contributed by atoms with Gasteiger partial charge in [0.1, 0.15) is 23.8 Å². The summed E-state index contributed by atoms with van der Waals surface area (Å²) in [7, 11) is -4.00. The molecule has 2 atom stereocenters. The van der Waals surface area contributed by atoms with Gasteiger partial charge in [-0.25, -0.2) is 13.2 Å². The number of fused-ring (bicyclic) bond motifs is 1. The summed E-state index contributed by atoms with van der Waals surface area (Å²) in [5.41, 5.74) is -0.268. The van der Waals surface area contributed by atoms with Gasteiger partial charge in [0.05, 0.1) is 23.3 Å². The Morgan fingerprint density at radius 3 is 2.52 bits per heavy atom. The molecule has 0 N–H and O–H groups in total. The van der Waals surface area contributed by atoms with Crippen molar-refractivity contribution in [1.29, 1.82) is 5.26 Å². The molecule has 3 aromatic rings. The second-order valence-electron chi connectivity index (χ2n) is 12.1. The maximum Gasteiger partial charge on any atom is 0.417 e. The molecule has 1 saturated carbocycles. The van der Waals surface area contributed by atoms with Gasteiger partial charge in [-0.05, 0) is 68.9 Å². The number of carbonyl (C=O) groups is 1. The molecule has 12 nitrogen and oxygen atoms in total. The third-order valence-electron chi connectivity index (χ3n) is 8.65. The normalized spacial score (nSPS) is 20.6. The highest BCUT2D eigenvalue weighted by Gasteiger charge is 2.52. The van der Waals surface area contributed by atoms with Crippen molar-refractivity contribution in [3.05, 3.63) is 66.6 Å². The number of nitrogens with zero attached hydrogens (tertiary/aromatic N) is 3. The first-order chi connectivity index (χ1) is 22.1. The topological polar surface area (TPSA) is 141 Å². The Balaban J connectivity index is 1.32. The highest BCUT2D eigenvalue weighted by Crippen LogP contribution is 2.39. The molecule has 0 spiro atoms. The van der Waals surface area contributed by atoms with Crippen molar-refractivity contribution in [2.24, 2.45) is 5.92 Å². The molecule has 0 bridgehead atoms. The smallest absolute Gasteiger partial charge is 0.417 e. The van der Waals surface area contributed by atoms with Crippen LogP contribution in [0, 0.1) is 17.2 Å². The van der Waals surface area contributed by atoms with Crippen LogP contribution >= 0.6 is 0 Å². The fourth-order valence-corrected chi connectivity index (χ4v) is 8.03. The summed E-state index contributed by atoms with van der Waals surface area (Å²) in [4.78, 5) is 15.3. The molecule has 6 rings (SSSR count). The Morgan fingerprint density at radius 2 is 1.80 bits per heavy atom. The number of sulfonamides is 1. The zero-order chi connectivity index (χ0) is 32.3. The minimum atomic E-state index is -4.00. The lowest BCUT2D eigenvalue weighted by Crippen LogP contribution is -2.51. The molecule has 0 unspecified atom stereocenters. The number of ether oxygens (including phenoxy) is 5. The molecule has 244 valence electrons. The molecule has 1 aliphatic carbocycles. The molecule has 46 heavy (non-hydrogen) atoms. The van der Waals surface area contributed by atoms with Crippen LogP contribution < -0.4 is 18.9 Å². The van der Waals surface area contributed by atoms with Gasteiger partial charge in [-0.3, -0.25) is 4.90 Å². The van der Waals surface area contributed by atoms with Gasteiger partial charge in [-0.2, -0.15) is 9.57 Å². The number of hydrogen-bond donors (Lipinski definition) is 0. The van der Waals surface area contributed by atoms with E-state index in [0.717, 1.165) is 31.2 Å². The van der Waals surface area contributed by atoms with Crippen LogP contribution in [-0.2, 0) is 21.2 Å². The quantitative estimate of drug-likeness (QED) is 0.267. The Labute approximate surface area is 268 Å². The van der Waals surface area contributed by atoms with Crippen molar-refractivity contribution in [2.45, 2.75) is 68.7 Å². The number of amides is 1. The third-order valence-corrected chi connectivity index (χ3v) is 10.5. The van der Waals surface area contributed by atoms with Gasteiger partial charge in [-0.1, -0.05) is 25.0 Å². The van der Waals surface area contributed by atoms with Crippen LogP contribution in [0.3, 0.4) is 0 Å².